The van der Waals surface area contributed by atoms with Crippen molar-refractivity contribution >= 4 is 22.4 Å². The van der Waals surface area contributed by atoms with E-state index in [0.717, 1.165) is 16.7 Å². The molecule has 6 nitrogen and oxygen atoms in total. The van der Waals surface area contributed by atoms with Gasteiger partial charge in [0.2, 0.25) is 0 Å². The Balaban J connectivity index is 2.25. The van der Waals surface area contributed by atoms with Crippen molar-refractivity contribution in [1.29, 1.82) is 0 Å². The van der Waals surface area contributed by atoms with Gasteiger partial charge in [0.05, 0.1) is 12.1 Å². The fourth-order valence-corrected chi connectivity index (χ4v) is 2.62. The summed E-state index contributed by atoms with van der Waals surface area (Å²) in [5.74, 6) is 0.278. The van der Waals surface area contributed by atoms with Gasteiger partial charge >= 0.3 is 5.97 Å². The lowest BCUT2D eigenvalue weighted by Gasteiger charge is -2.09. The van der Waals surface area contributed by atoms with E-state index in [2.05, 4.69) is 5.10 Å². The van der Waals surface area contributed by atoms with Gasteiger partial charge in [-0.05, 0) is 19.1 Å². The van der Waals surface area contributed by atoms with Gasteiger partial charge in [-0.15, -0.1) is 0 Å². The van der Waals surface area contributed by atoms with Crippen LogP contribution in [0.4, 0.5) is 0 Å². The van der Waals surface area contributed by atoms with Crippen molar-refractivity contribution < 1.29 is 9.53 Å². The van der Waals surface area contributed by atoms with Crippen LogP contribution in [-0.2, 0) is 22.5 Å². The number of carbonyl (C=O) groups is 1. The summed E-state index contributed by atoms with van der Waals surface area (Å²) in [4.78, 5) is 24.2. The minimum atomic E-state index is -0.459. The van der Waals surface area contributed by atoms with E-state index in [9.17, 15) is 9.59 Å². The Morgan fingerprint density at radius 2 is 2.00 bits per heavy atom. The molecule has 0 spiro atoms. The summed E-state index contributed by atoms with van der Waals surface area (Å²) in [6.45, 7) is 3.81. The van der Waals surface area contributed by atoms with Crippen LogP contribution >= 0.6 is 0 Å². The summed E-state index contributed by atoms with van der Waals surface area (Å²) in [6.07, 6.45) is 0.651. The van der Waals surface area contributed by atoms with Crippen molar-refractivity contribution in [2.24, 2.45) is 0 Å². The average molecular weight is 299 g/mol. The van der Waals surface area contributed by atoms with Crippen LogP contribution in [-0.4, -0.2) is 26.8 Å². The van der Waals surface area contributed by atoms with Gasteiger partial charge < -0.3 is 4.74 Å². The molecule has 3 rings (SSSR count). The third kappa shape index (κ3) is 2.26. The molecule has 2 aromatic heterocycles. The van der Waals surface area contributed by atoms with E-state index in [1.54, 1.807) is 6.92 Å². The molecule has 0 N–H and O–H groups in total. The molecular formula is C16H17N3O3. The predicted molar refractivity (Wildman–Crippen MR) is 83.0 cm³/mol. The first-order valence-corrected chi connectivity index (χ1v) is 7.31. The van der Waals surface area contributed by atoms with Gasteiger partial charge in [-0.3, -0.25) is 14.0 Å². The SMILES string of the molecule is CCOC(=O)Cn1nc(CC)n2c(cc3ccccc32)c1=O. The second-order valence-corrected chi connectivity index (χ2v) is 4.96. The van der Waals surface area contributed by atoms with Crippen LogP contribution in [0.2, 0.25) is 0 Å². The summed E-state index contributed by atoms with van der Waals surface area (Å²) in [5.41, 5.74) is 1.18. The average Bonchev–Trinajstić information content (AvgIpc) is 2.90. The maximum Gasteiger partial charge on any atom is 0.327 e. The third-order valence-electron chi connectivity index (χ3n) is 3.56. The van der Waals surface area contributed by atoms with Gasteiger partial charge in [0.25, 0.3) is 5.56 Å². The Morgan fingerprint density at radius 3 is 2.73 bits per heavy atom. The normalized spacial score (nSPS) is 11.2. The van der Waals surface area contributed by atoms with E-state index in [4.69, 9.17) is 4.74 Å². The van der Waals surface area contributed by atoms with Gasteiger partial charge in [-0.2, -0.15) is 5.10 Å². The zero-order valence-electron chi connectivity index (χ0n) is 12.6. The summed E-state index contributed by atoms with van der Waals surface area (Å²) in [5, 5.41) is 5.31. The summed E-state index contributed by atoms with van der Waals surface area (Å²) in [7, 11) is 0. The molecule has 22 heavy (non-hydrogen) atoms. The number of fused-ring (bicyclic) bond motifs is 3. The molecule has 0 unspecified atom stereocenters. The third-order valence-corrected chi connectivity index (χ3v) is 3.56. The van der Waals surface area contributed by atoms with Gasteiger partial charge in [-0.25, -0.2) is 4.68 Å². The maximum atomic E-state index is 12.6. The first-order chi connectivity index (χ1) is 10.7. The van der Waals surface area contributed by atoms with Crippen molar-refractivity contribution in [3.05, 3.63) is 46.5 Å². The van der Waals surface area contributed by atoms with Gasteiger partial charge in [-0.1, -0.05) is 25.1 Å². The van der Waals surface area contributed by atoms with E-state index >= 15 is 0 Å². The molecule has 0 aliphatic heterocycles. The van der Waals surface area contributed by atoms with Crippen LogP contribution in [0.5, 0.6) is 0 Å². The Bertz CT molecular complexity index is 908. The molecule has 0 saturated carbocycles. The number of benzene rings is 1. The fourth-order valence-electron chi connectivity index (χ4n) is 2.62. The van der Waals surface area contributed by atoms with E-state index < -0.39 is 5.97 Å². The summed E-state index contributed by atoms with van der Waals surface area (Å²) >= 11 is 0. The molecule has 0 atom stereocenters. The number of carbonyl (C=O) groups excluding carboxylic acids is 1. The first kappa shape index (κ1) is 14.3. The fraction of sp³-hybridized carbons (Fsp3) is 0.312. The molecule has 1 aromatic carbocycles. The number of para-hydroxylation sites is 1. The number of aromatic nitrogens is 3. The van der Waals surface area contributed by atoms with Crippen LogP contribution in [0.25, 0.3) is 16.4 Å². The molecule has 3 aromatic rings. The van der Waals surface area contributed by atoms with Crippen LogP contribution in [0.15, 0.2) is 35.1 Å². The van der Waals surface area contributed by atoms with Crippen LogP contribution in [0.1, 0.15) is 19.7 Å². The van der Waals surface area contributed by atoms with E-state index in [-0.39, 0.29) is 18.7 Å². The largest absolute Gasteiger partial charge is 0.465 e. The standard InChI is InChI=1S/C16H17N3O3/c1-3-14-17-18(10-15(20)22-4-2)16(21)13-9-11-7-5-6-8-12(11)19(13)14/h5-9H,3-4,10H2,1-2H3. The van der Waals surface area contributed by atoms with Crippen molar-refractivity contribution in [3.8, 4) is 0 Å². The Morgan fingerprint density at radius 1 is 1.23 bits per heavy atom. The molecular weight excluding hydrogens is 282 g/mol. The Hall–Kier alpha value is -2.63. The van der Waals surface area contributed by atoms with E-state index in [1.807, 2.05) is 41.7 Å². The number of hydrogen-bond acceptors (Lipinski definition) is 4. The smallest absolute Gasteiger partial charge is 0.327 e. The van der Waals surface area contributed by atoms with Crippen molar-refractivity contribution in [2.45, 2.75) is 26.8 Å². The lowest BCUT2D eigenvalue weighted by molar-refractivity contribution is -0.144. The molecule has 0 aliphatic carbocycles. The molecule has 0 amide bonds. The molecule has 0 saturated heterocycles. The van der Waals surface area contributed by atoms with Crippen LogP contribution in [0.3, 0.4) is 0 Å². The molecule has 0 fully saturated rings. The number of hydrogen-bond donors (Lipinski definition) is 0. The van der Waals surface area contributed by atoms with Gasteiger partial charge in [0, 0.05) is 11.8 Å². The summed E-state index contributed by atoms with van der Waals surface area (Å²) in [6, 6.07) is 9.60. The minimum Gasteiger partial charge on any atom is -0.465 e. The number of ether oxygens (including phenoxy) is 1. The highest BCUT2D eigenvalue weighted by molar-refractivity contribution is 5.87. The zero-order valence-corrected chi connectivity index (χ0v) is 12.6. The highest BCUT2D eigenvalue weighted by atomic mass is 16.5. The minimum absolute atomic E-state index is 0.169. The lowest BCUT2D eigenvalue weighted by atomic mass is 10.2. The Kier molecular flexibility index (Phi) is 3.66. The van der Waals surface area contributed by atoms with Crippen LogP contribution in [0, 0.1) is 0 Å². The molecule has 0 aliphatic rings. The van der Waals surface area contributed by atoms with E-state index in [1.165, 1.54) is 4.68 Å². The van der Waals surface area contributed by atoms with Crippen LogP contribution < -0.4 is 5.56 Å². The highest BCUT2D eigenvalue weighted by Crippen LogP contribution is 2.19. The van der Waals surface area contributed by atoms with Crippen molar-refractivity contribution in [2.75, 3.05) is 6.61 Å². The quantitative estimate of drug-likeness (QED) is 0.689. The number of rotatable bonds is 4. The lowest BCUT2D eigenvalue weighted by Crippen LogP contribution is -2.30. The molecule has 0 bridgehead atoms. The van der Waals surface area contributed by atoms with E-state index in [0.29, 0.717) is 11.9 Å². The second kappa shape index (κ2) is 5.63. The number of nitrogens with zero attached hydrogens (tertiary/aromatic N) is 3. The van der Waals surface area contributed by atoms with Gasteiger partial charge in [0.1, 0.15) is 17.9 Å². The molecule has 114 valence electrons. The van der Waals surface area contributed by atoms with Crippen molar-refractivity contribution in [3.63, 3.8) is 0 Å². The number of aryl methyl sites for hydroxylation is 1. The second-order valence-electron chi connectivity index (χ2n) is 4.96. The molecule has 0 radical (unpaired) electrons. The molecule has 2 heterocycles. The van der Waals surface area contributed by atoms with Gasteiger partial charge in [0.15, 0.2) is 0 Å². The summed E-state index contributed by atoms with van der Waals surface area (Å²) < 4.78 is 7.95. The Labute approximate surface area is 126 Å². The highest BCUT2D eigenvalue weighted by Gasteiger charge is 2.15. The number of esters is 1. The first-order valence-electron chi connectivity index (χ1n) is 7.31. The topological polar surface area (TPSA) is 65.6 Å². The predicted octanol–water partition coefficient (Wildman–Crippen LogP) is 1.77. The van der Waals surface area contributed by atoms with Crippen molar-refractivity contribution in [1.82, 2.24) is 14.2 Å². The zero-order chi connectivity index (χ0) is 15.7. The molecule has 6 heteroatoms. The maximum absolute atomic E-state index is 12.6. The monoisotopic (exact) mass is 299 g/mol.